The van der Waals surface area contributed by atoms with Gasteiger partial charge in [0.1, 0.15) is 0 Å². The van der Waals surface area contributed by atoms with Gasteiger partial charge in [-0.05, 0) is 50.2 Å². The largest absolute Gasteiger partial charge is 0.347 e. The van der Waals surface area contributed by atoms with E-state index in [2.05, 4.69) is 62.2 Å². The van der Waals surface area contributed by atoms with E-state index in [0.29, 0.717) is 25.0 Å². The van der Waals surface area contributed by atoms with Crippen molar-refractivity contribution < 1.29 is 9.47 Å². The van der Waals surface area contributed by atoms with Gasteiger partial charge in [0.05, 0.1) is 18.9 Å². The Morgan fingerprint density at radius 3 is 2.50 bits per heavy atom. The van der Waals surface area contributed by atoms with E-state index in [1.807, 2.05) is 0 Å². The highest BCUT2D eigenvalue weighted by Crippen LogP contribution is 2.59. The van der Waals surface area contributed by atoms with E-state index in [1.54, 1.807) is 0 Å². The molecule has 0 bridgehead atoms. The molecule has 2 aliphatic carbocycles. The predicted octanol–water partition coefficient (Wildman–Crippen LogP) is 4.34. The summed E-state index contributed by atoms with van der Waals surface area (Å²) >= 11 is 0. The molecular weight excluding hydrogens is 374 g/mol. The van der Waals surface area contributed by atoms with Gasteiger partial charge in [0, 0.05) is 37.0 Å². The first-order valence-corrected chi connectivity index (χ1v) is 11.6. The SMILES string of the molecule is CCN(CC)c1ncc2c(n1)C1(c3ccccc3)CCC3(OCCO3)C(C)C1CC2. The summed E-state index contributed by atoms with van der Waals surface area (Å²) in [5.41, 5.74) is 3.81. The van der Waals surface area contributed by atoms with Crippen LogP contribution in [0.4, 0.5) is 5.95 Å². The molecule has 1 saturated carbocycles. The third-order valence-electron chi connectivity index (χ3n) is 7.91. The zero-order valence-electron chi connectivity index (χ0n) is 18.4. The molecule has 3 unspecified atom stereocenters. The summed E-state index contributed by atoms with van der Waals surface area (Å²) in [7, 11) is 0. The van der Waals surface area contributed by atoms with Gasteiger partial charge in [0.2, 0.25) is 5.95 Å². The molecule has 5 heteroatoms. The number of ether oxygens (including phenoxy) is 2. The molecule has 1 aromatic carbocycles. The second-order valence-electron chi connectivity index (χ2n) is 9.00. The molecule has 5 nitrogen and oxygen atoms in total. The second-order valence-corrected chi connectivity index (χ2v) is 9.00. The van der Waals surface area contributed by atoms with E-state index < -0.39 is 5.79 Å². The fourth-order valence-corrected chi connectivity index (χ4v) is 6.35. The molecule has 1 spiro atoms. The van der Waals surface area contributed by atoms with Crippen LogP contribution in [0.1, 0.15) is 56.9 Å². The van der Waals surface area contributed by atoms with Crippen molar-refractivity contribution in [1.82, 2.24) is 9.97 Å². The molecule has 30 heavy (non-hydrogen) atoms. The van der Waals surface area contributed by atoms with Gasteiger partial charge in [-0.15, -0.1) is 0 Å². The van der Waals surface area contributed by atoms with E-state index >= 15 is 0 Å². The monoisotopic (exact) mass is 407 g/mol. The number of nitrogens with zero attached hydrogens (tertiary/aromatic N) is 3. The number of fused-ring (bicyclic) bond motifs is 3. The number of anilines is 1. The number of hydrogen-bond acceptors (Lipinski definition) is 5. The zero-order valence-corrected chi connectivity index (χ0v) is 18.4. The topological polar surface area (TPSA) is 47.5 Å². The minimum atomic E-state index is -0.421. The molecule has 2 aromatic rings. The average Bonchev–Trinajstić information content (AvgIpc) is 3.27. The lowest BCUT2D eigenvalue weighted by Crippen LogP contribution is -2.57. The smallest absolute Gasteiger partial charge is 0.225 e. The maximum atomic E-state index is 6.25. The standard InChI is InChI=1S/C25H33N3O2/c1-4-28(5-2)23-26-17-19-11-12-21-18(3)25(29-15-16-30-25)14-13-24(21,22(19)27-23)20-9-7-6-8-10-20/h6-10,17-18,21H,4-5,11-16H2,1-3H3. The lowest BCUT2D eigenvalue weighted by atomic mass is 9.52. The Bertz CT molecular complexity index is 893. The van der Waals surface area contributed by atoms with Crippen molar-refractivity contribution in [2.24, 2.45) is 11.8 Å². The molecule has 0 radical (unpaired) electrons. The molecule has 2 fully saturated rings. The number of aromatic nitrogens is 2. The van der Waals surface area contributed by atoms with Gasteiger partial charge in [0.25, 0.3) is 0 Å². The first kappa shape index (κ1) is 20.0. The Morgan fingerprint density at radius 1 is 1.07 bits per heavy atom. The maximum absolute atomic E-state index is 6.25. The Morgan fingerprint density at radius 2 is 1.80 bits per heavy atom. The van der Waals surface area contributed by atoms with E-state index in [4.69, 9.17) is 19.4 Å². The van der Waals surface area contributed by atoms with E-state index in [0.717, 1.165) is 44.7 Å². The highest BCUT2D eigenvalue weighted by Gasteiger charge is 2.60. The summed E-state index contributed by atoms with van der Waals surface area (Å²) in [5.74, 6) is 1.18. The van der Waals surface area contributed by atoms with Gasteiger partial charge in [-0.3, -0.25) is 0 Å². The summed E-state index contributed by atoms with van der Waals surface area (Å²) in [5, 5.41) is 0. The lowest BCUT2D eigenvalue weighted by Gasteiger charge is -2.55. The summed E-state index contributed by atoms with van der Waals surface area (Å²) in [4.78, 5) is 12.3. The van der Waals surface area contributed by atoms with Crippen LogP contribution in [0.25, 0.3) is 0 Å². The van der Waals surface area contributed by atoms with Gasteiger partial charge < -0.3 is 14.4 Å². The fourth-order valence-electron chi connectivity index (χ4n) is 6.35. The van der Waals surface area contributed by atoms with Crippen LogP contribution in [0.15, 0.2) is 36.5 Å². The number of benzene rings is 1. The molecule has 5 rings (SSSR count). The van der Waals surface area contributed by atoms with Gasteiger partial charge >= 0.3 is 0 Å². The highest BCUT2D eigenvalue weighted by molar-refractivity contribution is 5.47. The molecular formula is C25H33N3O2. The van der Waals surface area contributed by atoms with Crippen molar-refractivity contribution in [2.45, 2.75) is 57.7 Å². The van der Waals surface area contributed by atoms with Crippen molar-refractivity contribution in [1.29, 1.82) is 0 Å². The summed E-state index contributed by atoms with van der Waals surface area (Å²) in [6, 6.07) is 11.0. The molecule has 160 valence electrons. The first-order valence-electron chi connectivity index (χ1n) is 11.6. The molecule has 1 saturated heterocycles. The number of aryl methyl sites for hydroxylation is 1. The van der Waals surface area contributed by atoms with Crippen LogP contribution in [0, 0.1) is 11.8 Å². The average molecular weight is 408 g/mol. The van der Waals surface area contributed by atoms with E-state index in [1.165, 1.54) is 16.8 Å². The van der Waals surface area contributed by atoms with Crippen molar-refractivity contribution >= 4 is 5.95 Å². The third-order valence-corrected chi connectivity index (χ3v) is 7.91. The quantitative estimate of drug-likeness (QED) is 0.754. The minimum absolute atomic E-state index is 0.111. The highest BCUT2D eigenvalue weighted by atomic mass is 16.7. The third kappa shape index (κ3) is 2.82. The van der Waals surface area contributed by atoms with Crippen LogP contribution in [0.2, 0.25) is 0 Å². The van der Waals surface area contributed by atoms with Crippen molar-refractivity contribution in [3.63, 3.8) is 0 Å². The molecule has 3 aliphatic rings. The molecule has 1 aliphatic heterocycles. The summed E-state index contributed by atoms with van der Waals surface area (Å²) in [6.07, 6.45) is 6.13. The summed E-state index contributed by atoms with van der Waals surface area (Å²) < 4.78 is 12.5. The first-order chi connectivity index (χ1) is 14.6. The summed E-state index contributed by atoms with van der Waals surface area (Å²) in [6.45, 7) is 9.92. The Hall–Kier alpha value is -1.98. The molecule has 0 amide bonds. The van der Waals surface area contributed by atoms with Crippen LogP contribution < -0.4 is 4.90 Å². The van der Waals surface area contributed by atoms with E-state index in [9.17, 15) is 0 Å². The van der Waals surface area contributed by atoms with Crippen LogP contribution in [0.3, 0.4) is 0 Å². The Balaban J connectivity index is 1.68. The van der Waals surface area contributed by atoms with Crippen molar-refractivity contribution in [3.05, 3.63) is 53.3 Å². The van der Waals surface area contributed by atoms with Gasteiger partial charge in [0.15, 0.2) is 5.79 Å². The zero-order chi connectivity index (χ0) is 20.8. The normalized spacial score (nSPS) is 29.4. The Labute approximate surface area is 179 Å². The maximum Gasteiger partial charge on any atom is 0.225 e. The Kier molecular flexibility index (Phi) is 5.06. The van der Waals surface area contributed by atoms with Gasteiger partial charge in [-0.1, -0.05) is 37.3 Å². The van der Waals surface area contributed by atoms with Crippen molar-refractivity contribution in [2.75, 3.05) is 31.2 Å². The van der Waals surface area contributed by atoms with Gasteiger partial charge in [-0.2, -0.15) is 0 Å². The lowest BCUT2D eigenvalue weighted by molar-refractivity contribution is -0.232. The second kappa shape index (κ2) is 7.61. The molecule has 0 N–H and O–H groups in total. The van der Waals surface area contributed by atoms with Crippen LogP contribution in [0.5, 0.6) is 0 Å². The fraction of sp³-hybridized carbons (Fsp3) is 0.600. The molecule has 3 atom stereocenters. The number of rotatable bonds is 4. The molecule has 2 heterocycles. The predicted molar refractivity (Wildman–Crippen MR) is 118 cm³/mol. The van der Waals surface area contributed by atoms with Crippen LogP contribution >= 0.6 is 0 Å². The van der Waals surface area contributed by atoms with Crippen LogP contribution in [-0.4, -0.2) is 42.1 Å². The molecule has 1 aromatic heterocycles. The van der Waals surface area contributed by atoms with Crippen molar-refractivity contribution in [3.8, 4) is 0 Å². The van der Waals surface area contributed by atoms with E-state index in [-0.39, 0.29) is 5.41 Å². The van der Waals surface area contributed by atoms with Crippen LogP contribution in [-0.2, 0) is 21.3 Å². The minimum Gasteiger partial charge on any atom is -0.347 e. The number of hydrogen-bond donors (Lipinski definition) is 0. The van der Waals surface area contributed by atoms with Gasteiger partial charge in [-0.25, -0.2) is 9.97 Å².